The summed E-state index contributed by atoms with van der Waals surface area (Å²) in [6.07, 6.45) is 0.780. The van der Waals surface area contributed by atoms with Crippen molar-refractivity contribution in [1.82, 2.24) is 20.9 Å². The van der Waals surface area contributed by atoms with Crippen LogP contribution in [-0.4, -0.2) is 42.6 Å². The SMILES string of the molecule is CCNC(=O)N1CCC(NC(=O)NC(c2ccccc2)C(C)C)C1. The van der Waals surface area contributed by atoms with Gasteiger partial charge in [-0.3, -0.25) is 0 Å². The molecule has 1 fully saturated rings. The molecule has 24 heavy (non-hydrogen) atoms. The molecule has 4 amide bonds. The van der Waals surface area contributed by atoms with Crippen LogP contribution in [-0.2, 0) is 0 Å². The number of carbonyl (C=O) groups is 2. The second kappa shape index (κ2) is 8.57. The lowest BCUT2D eigenvalue weighted by Gasteiger charge is -2.24. The van der Waals surface area contributed by atoms with Crippen molar-refractivity contribution < 1.29 is 9.59 Å². The maximum absolute atomic E-state index is 12.3. The Morgan fingerprint density at radius 1 is 1.25 bits per heavy atom. The molecule has 0 aromatic heterocycles. The third-order valence-electron chi connectivity index (χ3n) is 4.25. The second-order valence-corrected chi connectivity index (χ2v) is 6.52. The van der Waals surface area contributed by atoms with Gasteiger partial charge in [0.25, 0.3) is 0 Å². The number of rotatable bonds is 5. The van der Waals surface area contributed by atoms with Crippen LogP contribution in [0.1, 0.15) is 38.8 Å². The van der Waals surface area contributed by atoms with Crippen molar-refractivity contribution in [3.8, 4) is 0 Å². The average Bonchev–Trinajstić information content (AvgIpc) is 3.02. The molecule has 2 unspecified atom stereocenters. The van der Waals surface area contributed by atoms with E-state index in [0.717, 1.165) is 12.0 Å². The summed E-state index contributed by atoms with van der Waals surface area (Å²) in [4.78, 5) is 25.9. The van der Waals surface area contributed by atoms with Crippen LogP contribution < -0.4 is 16.0 Å². The predicted octanol–water partition coefficient (Wildman–Crippen LogP) is 2.49. The van der Waals surface area contributed by atoms with Crippen LogP contribution in [0.5, 0.6) is 0 Å². The van der Waals surface area contributed by atoms with Crippen LogP contribution in [0.15, 0.2) is 30.3 Å². The van der Waals surface area contributed by atoms with E-state index in [2.05, 4.69) is 29.8 Å². The summed E-state index contributed by atoms with van der Waals surface area (Å²) in [5, 5.41) is 8.84. The van der Waals surface area contributed by atoms with Gasteiger partial charge in [0.2, 0.25) is 0 Å². The van der Waals surface area contributed by atoms with Gasteiger partial charge in [-0.25, -0.2) is 9.59 Å². The van der Waals surface area contributed by atoms with E-state index < -0.39 is 0 Å². The molecular formula is C18H28N4O2. The average molecular weight is 332 g/mol. The Balaban J connectivity index is 1.87. The number of benzene rings is 1. The number of carbonyl (C=O) groups excluding carboxylic acids is 2. The largest absolute Gasteiger partial charge is 0.338 e. The zero-order chi connectivity index (χ0) is 17.5. The molecular weight excluding hydrogens is 304 g/mol. The lowest BCUT2D eigenvalue weighted by atomic mass is 9.96. The fourth-order valence-corrected chi connectivity index (χ4v) is 2.99. The molecule has 0 radical (unpaired) electrons. The highest BCUT2D eigenvalue weighted by Gasteiger charge is 2.28. The van der Waals surface area contributed by atoms with Gasteiger partial charge >= 0.3 is 12.1 Å². The lowest BCUT2D eigenvalue weighted by Crippen LogP contribution is -2.46. The van der Waals surface area contributed by atoms with Gasteiger partial charge in [0.05, 0.1) is 6.04 Å². The highest BCUT2D eigenvalue weighted by atomic mass is 16.2. The minimum absolute atomic E-state index is 0.00353. The summed E-state index contributed by atoms with van der Waals surface area (Å²) in [6.45, 7) is 7.91. The van der Waals surface area contributed by atoms with Crippen LogP contribution in [0.3, 0.4) is 0 Å². The summed E-state index contributed by atoms with van der Waals surface area (Å²) in [7, 11) is 0. The van der Waals surface area contributed by atoms with Crippen molar-refractivity contribution >= 4 is 12.1 Å². The van der Waals surface area contributed by atoms with Gasteiger partial charge < -0.3 is 20.9 Å². The first-order valence-corrected chi connectivity index (χ1v) is 8.66. The number of amides is 4. The molecule has 2 rings (SSSR count). The van der Waals surface area contributed by atoms with Crippen molar-refractivity contribution in [2.75, 3.05) is 19.6 Å². The molecule has 2 atom stereocenters. The molecule has 1 heterocycles. The molecule has 0 aliphatic carbocycles. The molecule has 1 aromatic rings. The van der Waals surface area contributed by atoms with E-state index in [0.29, 0.717) is 19.6 Å². The van der Waals surface area contributed by atoms with Crippen molar-refractivity contribution in [3.63, 3.8) is 0 Å². The Morgan fingerprint density at radius 2 is 1.96 bits per heavy atom. The summed E-state index contributed by atoms with van der Waals surface area (Å²) in [6, 6.07) is 9.69. The minimum atomic E-state index is -0.180. The maximum atomic E-state index is 12.3. The van der Waals surface area contributed by atoms with E-state index in [4.69, 9.17) is 0 Å². The predicted molar refractivity (Wildman–Crippen MR) is 94.7 cm³/mol. The van der Waals surface area contributed by atoms with E-state index in [9.17, 15) is 9.59 Å². The van der Waals surface area contributed by atoms with E-state index >= 15 is 0 Å². The van der Waals surface area contributed by atoms with Crippen LogP contribution in [0.25, 0.3) is 0 Å². The lowest BCUT2D eigenvalue weighted by molar-refractivity contribution is 0.207. The number of nitrogens with zero attached hydrogens (tertiary/aromatic N) is 1. The zero-order valence-electron chi connectivity index (χ0n) is 14.7. The Morgan fingerprint density at radius 3 is 2.58 bits per heavy atom. The smallest absolute Gasteiger partial charge is 0.317 e. The number of nitrogens with one attached hydrogen (secondary N) is 3. The Kier molecular flexibility index (Phi) is 6.46. The molecule has 132 valence electrons. The Hall–Kier alpha value is -2.24. The monoisotopic (exact) mass is 332 g/mol. The van der Waals surface area contributed by atoms with E-state index in [1.54, 1.807) is 4.90 Å². The minimum Gasteiger partial charge on any atom is -0.338 e. The van der Waals surface area contributed by atoms with Gasteiger partial charge in [-0.05, 0) is 24.8 Å². The van der Waals surface area contributed by atoms with Crippen molar-refractivity contribution in [2.24, 2.45) is 5.92 Å². The molecule has 6 heteroatoms. The Labute approximate surface area is 144 Å². The van der Waals surface area contributed by atoms with E-state index in [1.165, 1.54) is 0 Å². The Bertz CT molecular complexity index is 547. The van der Waals surface area contributed by atoms with E-state index in [1.807, 2.05) is 37.3 Å². The number of urea groups is 2. The van der Waals surface area contributed by atoms with Gasteiger partial charge in [-0.2, -0.15) is 0 Å². The molecule has 6 nitrogen and oxygen atoms in total. The first-order valence-electron chi connectivity index (χ1n) is 8.66. The van der Waals surface area contributed by atoms with Crippen LogP contribution in [0.2, 0.25) is 0 Å². The van der Waals surface area contributed by atoms with E-state index in [-0.39, 0.29) is 30.1 Å². The second-order valence-electron chi connectivity index (χ2n) is 6.52. The third kappa shape index (κ3) is 4.88. The van der Waals surface area contributed by atoms with Crippen LogP contribution in [0, 0.1) is 5.92 Å². The van der Waals surface area contributed by atoms with Crippen LogP contribution in [0.4, 0.5) is 9.59 Å². The first kappa shape index (κ1) is 18.1. The molecule has 1 aliphatic heterocycles. The normalized spacial score (nSPS) is 18.3. The van der Waals surface area contributed by atoms with Gasteiger partial charge in [-0.15, -0.1) is 0 Å². The summed E-state index contributed by atoms with van der Waals surface area (Å²) in [5.41, 5.74) is 1.10. The molecule has 1 aliphatic rings. The first-order chi connectivity index (χ1) is 11.5. The van der Waals surface area contributed by atoms with Gasteiger partial charge in [0.1, 0.15) is 0 Å². The molecule has 1 saturated heterocycles. The number of hydrogen-bond acceptors (Lipinski definition) is 2. The highest BCUT2D eigenvalue weighted by Crippen LogP contribution is 2.21. The maximum Gasteiger partial charge on any atom is 0.317 e. The quantitative estimate of drug-likeness (QED) is 0.775. The summed E-state index contributed by atoms with van der Waals surface area (Å²) in [5.74, 6) is 0.286. The third-order valence-corrected chi connectivity index (χ3v) is 4.25. The topological polar surface area (TPSA) is 73.5 Å². The highest BCUT2D eigenvalue weighted by molar-refractivity contribution is 5.76. The number of hydrogen-bond donors (Lipinski definition) is 3. The molecule has 0 saturated carbocycles. The van der Waals surface area contributed by atoms with Crippen molar-refractivity contribution in [1.29, 1.82) is 0 Å². The zero-order valence-corrected chi connectivity index (χ0v) is 14.7. The molecule has 0 bridgehead atoms. The van der Waals surface area contributed by atoms with Crippen molar-refractivity contribution in [2.45, 2.75) is 39.3 Å². The van der Waals surface area contributed by atoms with Gasteiger partial charge in [-0.1, -0.05) is 44.2 Å². The van der Waals surface area contributed by atoms with Gasteiger partial charge in [0, 0.05) is 25.7 Å². The van der Waals surface area contributed by atoms with Crippen LogP contribution >= 0.6 is 0 Å². The van der Waals surface area contributed by atoms with Crippen molar-refractivity contribution in [3.05, 3.63) is 35.9 Å². The fraction of sp³-hybridized carbons (Fsp3) is 0.556. The summed E-state index contributed by atoms with van der Waals surface area (Å²) >= 11 is 0. The fourth-order valence-electron chi connectivity index (χ4n) is 2.99. The molecule has 3 N–H and O–H groups in total. The molecule has 0 spiro atoms. The standard InChI is InChI=1S/C18H28N4O2/c1-4-19-18(24)22-11-10-15(12-22)20-17(23)21-16(13(2)3)14-8-6-5-7-9-14/h5-9,13,15-16H,4,10-12H2,1-3H3,(H,19,24)(H2,20,21,23). The molecule has 1 aromatic carbocycles. The summed E-state index contributed by atoms with van der Waals surface area (Å²) < 4.78 is 0. The number of likely N-dealkylation sites (tertiary alicyclic amines) is 1. The van der Waals surface area contributed by atoms with Gasteiger partial charge in [0.15, 0.2) is 0 Å².